The lowest BCUT2D eigenvalue weighted by Crippen LogP contribution is -2.50. The fraction of sp³-hybridized carbons (Fsp3) is 0.381. The predicted octanol–water partition coefficient (Wildman–Crippen LogP) is 2.88. The van der Waals surface area contributed by atoms with Crippen molar-refractivity contribution in [2.24, 2.45) is 5.41 Å². The first kappa shape index (κ1) is 17.6. The summed E-state index contributed by atoms with van der Waals surface area (Å²) in [6, 6.07) is 9.97. The molecule has 1 atom stereocenters. The molecule has 5 nitrogen and oxygen atoms in total. The van der Waals surface area contributed by atoms with Crippen LogP contribution in [0.25, 0.3) is 0 Å². The van der Waals surface area contributed by atoms with E-state index in [-0.39, 0.29) is 24.2 Å². The van der Waals surface area contributed by atoms with Crippen LogP contribution in [0.5, 0.6) is 0 Å². The zero-order valence-electron chi connectivity index (χ0n) is 15.1. The average Bonchev–Trinajstić information content (AvgIpc) is 3.12. The Morgan fingerprint density at radius 1 is 1.11 bits per heavy atom. The fourth-order valence-electron chi connectivity index (χ4n) is 4.24. The van der Waals surface area contributed by atoms with E-state index < -0.39 is 5.41 Å². The van der Waals surface area contributed by atoms with Crippen molar-refractivity contribution in [1.29, 1.82) is 0 Å². The van der Waals surface area contributed by atoms with Gasteiger partial charge in [0.1, 0.15) is 5.82 Å². The SMILES string of the molecule is O=C(c1ccncc1)N1CCC2(CCCN(Cc3ccccc3F)C2=O)C1. The second-order valence-electron chi connectivity index (χ2n) is 7.41. The minimum absolute atomic E-state index is 0.0435. The Hall–Kier alpha value is -2.76. The van der Waals surface area contributed by atoms with Crippen LogP contribution in [0.4, 0.5) is 4.39 Å². The summed E-state index contributed by atoms with van der Waals surface area (Å²) in [4.78, 5) is 33.4. The summed E-state index contributed by atoms with van der Waals surface area (Å²) in [5, 5.41) is 0. The molecule has 4 rings (SSSR count). The lowest BCUT2D eigenvalue weighted by Gasteiger charge is -2.39. The molecule has 0 radical (unpaired) electrons. The first-order chi connectivity index (χ1) is 13.1. The maximum atomic E-state index is 14.0. The van der Waals surface area contributed by atoms with E-state index in [1.165, 1.54) is 6.07 Å². The molecule has 0 saturated carbocycles. The van der Waals surface area contributed by atoms with Crippen molar-refractivity contribution >= 4 is 11.8 Å². The van der Waals surface area contributed by atoms with Crippen LogP contribution in [0.15, 0.2) is 48.8 Å². The van der Waals surface area contributed by atoms with Gasteiger partial charge in [0.2, 0.25) is 5.91 Å². The van der Waals surface area contributed by atoms with Crippen molar-refractivity contribution in [3.05, 3.63) is 65.7 Å². The minimum Gasteiger partial charge on any atom is -0.338 e. The van der Waals surface area contributed by atoms with Gasteiger partial charge in [-0.25, -0.2) is 4.39 Å². The number of hydrogen-bond donors (Lipinski definition) is 0. The second-order valence-corrected chi connectivity index (χ2v) is 7.41. The molecule has 0 bridgehead atoms. The van der Waals surface area contributed by atoms with Crippen molar-refractivity contribution in [3.8, 4) is 0 Å². The van der Waals surface area contributed by atoms with Gasteiger partial charge in [-0.05, 0) is 37.5 Å². The number of likely N-dealkylation sites (tertiary alicyclic amines) is 2. The van der Waals surface area contributed by atoms with Crippen LogP contribution >= 0.6 is 0 Å². The number of pyridine rings is 1. The van der Waals surface area contributed by atoms with E-state index in [1.54, 1.807) is 52.5 Å². The Bertz CT molecular complexity index is 858. The van der Waals surface area contributed by atoms with Gasteiger partial charge >= 0.3 is 0 Å². The van der Waals surface area contributed by atoms with Crippen LogP contribution in [0.1, 0.15) is 35.2 Å². The zero-order valence-corrected chi connectivity index (χ0v) is 15.1. The molecule has 3 heterocycles. The molecule has 2 fully saturated rings. The Balaban J connectivity index is 1.49. The van der Waals surface area contributed by atoms with Crippen molar-refractivity contribution in [2.75, 3.05) is 19.6 Å². The molecule has 0 N–H and O–H groups in total. The third kappa shape index (κ3) is 3.31. The first-order valence-electron chi connectivity index (χ1n) is 9.31. The molecule has 140 valence electrons. The third-order valence-corrected chi connectivity index (χ3v) is 5.71. The Labute approximate surface area is 157 Å². The molecule has 1 spiro atoms. The number of rotatable bonds is 3. The number of nitrogens with zero attached hydrogens (tertiary/aromatic N) is 3. The van der Waals surface area contributed by atoms with Gasteiger partial charge in [-0.3, -0.25) is 14.6 Å². The highest BCUT2D eigenvalue weighted by atomic mass is 19.1. The van der Waals surface area contributed by atoms with E-state index in [2.05, 4.69) is 4.98 Å². The molecule has 1 unspecified atom stereocenters. The number of hydrogen-bond acceptors (Lipinski definition) is 3. The fourth-order valence-corrected chi connectivity index (χ4v) is 4.24. The van der Waals surface area contributed by atoms with Gasteiger partial charge in [0.05, 0.1) is 5.41 Å². The normalized spacial score (nSPS) is 22.5. The van der Waals surface area contributed by atoms with Gasteiger partial charge in [0, 0.05) is 49.7 Å². The topological polar surface area (TPSA) is 53.5 Å². The molecule has 2 aliphatic heterocycles. The molecule has 27 heavy (non-hydrogen) atoms. The van der Waals surface area contributed by atoms with E-state index in [1.807, 2.05) is 0 Å². The summed E-state index contributed by atoms with van der Waals surface area (Å²) in [5.74, 6) is -0.304. The number of piperidine rings is 1. The summed E-state index contributed by atoms with van der Waals surface area (Å²) >= 11 is 0. The van der Waals surface area contributed by atoms with Crippen LogP contribution in [0.3, 0.4) is 0 Å². The van der Waals surface area contributed by atoms with Crippen LogP contribution in [-0.4, -0.2) is 46.2 Å². The van der Waals surface area contributed by atoms with Crippen molar-refractivity contribution < 1.29 is 14.0 Å². The highest BCUT2D eigenvalue weighted by Crippen LogP contribution is 2.41. The average molecular weight is 367 g/mol. The van der Waals surface area contributed by atoms with Crippen LogP contribution in [0.2, 0.25) is 0 Å². The van der Waals surface area contributed by atoms with Crippen molar-refractivity contribution in [1.82, 2.24) is 14.8 Å². The smallest absolute Gasteiger partial charge is 0.253 e. The Morgan fingerprint density at radius 3 is 2.67 bits per heavy atom. The largest absolute Gasteiger partial charge is 0.338 e. The summed E-state index contributed by atoms with van der Waals surface area (Å²) < 4.78 is 14.0. The minimum atomic E-state index is -0.536. The molecule has 1 aromatic heterocycles. The molecule has 2 amide bonds. The lowest BCUT2D eigenvalue weighted by molar-refractivity contribution is -0.146. The van der Waals surface area contributed by atoms with E-state index in [0.29, 0.717) is 37.2 Å². The van der Waals surface area contributed by atoms with Gasteiger partial charge in [-0.2, -0.15) is 0 Å². The molecule has 2 saturated heterocycles. The van der Waals surface area contributed by atoms with Gasteiger partial charge in [-0.1, -0.05) is 18.2 Å². The molecule has 2 aromatic rings. The highest BCUT2D eigenvalue weighted by molar-refractivity contribution is 5.95. The molecular weight excluding hydrogens is 345 g/mol. The quantitative estimate of drug-likeness (QED) is 0.838. The lowest BCUT2D eigenvalue weighted by atomic mass is 9.78. The number of amides is 2. The second kappa shape index (κ2) is 7.10. The number of halogens is 1. The van der Waals surface area contributed by atoms with Gasteiger partial charge < -0.3 is 9.80 Å². The summed E-state index contributed by atoms with van der Waals surface area (Å²) in [5.41, 5.74) is 0.589. The van der Waals surface area contributed by atoms with E-state index in [9.17, 15) is 14.0 Å². The van der Waals surface area contributed by atoms with Gasteiger partial charge in [0.15, 0.2) is 0 Å². The predicted molar refractivity (Wildman–Crippen MR) is 98.2 cm³/mol. The molecular formula is C21H22FN3O2. The number of aromatic nitrogens is 1. The third-order valence-electron chi connectivity index (χ3n) is 5.71. The van der Waals surface area contributed by atoms with Crippen molar-refractivity contribution in [2.45, 2.75) is 25.8 Å². The van der Waals surface area contributed by atoms with Crippen LogP contribution in [0, 0.1) is 11.2 Å². The van der Waals surface area contributed by atoms with Gasteiger partial charge in [-0.15, -0.1) is 0 Å². The summed E-state index contributed by atoms with van der Waals surface area (Å²) in [6.45, 7) is 1.92. The summed E-state index contributed by atoms with van der Waals surface area (Å²) in [7, 11) is 0. The van der Waals surface area contributed by atoms with Crippen LogP contribution < -0.4 is 0 Å². The first-order valence-corrected chi connectivity index (χ1v) is 9.31. The molecule has 1 aromatic carbocycles. The number of benzene rings is 1. The standard InChI is InChI=1S/C21H22FN3O2/c22-18-5-2-1-4-17(18)14-24-12-3-8-21(20(24)27)9-13-25(15-21)19(26)16-6-10-23-11-7-16/h1-2,4-7,10-11H,3,8-9,12-15H2. The Kier molecular flexibility index (Phi) is 4.64. The van der Waals surface area contributed by atoms with Crippen molar-refractivity contribution in [3.63, 3.8) is 0 Å². The Morgan fingerprint density at radius 2 is 1.89 bits per heavy atom. The number of carbonyl (C=O) groups excluding carboxylic acids is 2. The monoisotopic (exact) mass is 367 g/mol. The van der Waals surface area contributed by atoms with Gasteiger partial charge in [0.25, 0.3) is 5.91 Å². The molecule has 2 aliphatic rings. The zero-order chi connectivity index (χ0) is 18.9. The van der Waals surface area contributed by atoms with E-state index in [0.717, 1.165) is 12.8 Å². The van der Waals surface area contributed by atoms with E-state index >= 15 is 0 Å². The number of carbonyl (C=O) groups is 2. The maximum absolute atomic E-state index is 14.0. The van der Waals surface area contributed by atoms with Crippen LogP contribution in [-0.2, 0) is 11.3 Å². The maximum Gasteiger partial charge on any atom is 0.253 e. The summed E-state index contributed by atoms with van der Waals surface area (Å²) in [6.07, 6.45) is 5.51. The highest BCUT2D eigenvalue weighted by Gasteiger charge is 2.49. The van der Waals surface area contributed by atoms with E-state index in [4.69, 9.17) is 0 Å². The molecule has 0 aliphatic carbocycles. The molecule has 6 heteroatoms.